The van der Waals surface area contributed by atoms with Crippen LogP contribution in [0.2, 0.25) is 0 Å². The molecule has 4 aromatic rings. The largest absolute Gasteiger partial charge is 0.507 e. The second-order valence-corrected chi connectivity index (χ2v) is 10.1. The zero-order valence-electron chi connectivity index (χ0n) is 19.4. The minimum atomic E-state index is -0.127. The minimum absolute atomic E-state index is 0.122. The van der Waals surface area contributed by atoms with Gasteiger partial charge in [-0.15, -0.1) is 10.2 Å². The van der Waals surface area contributed by atoms with Crippen molar-refractivity contribution in [3.05, 3.63) is 81.3 Å². The summed E-state index contributed by atoms with van der Waals surface area (Å²) in [6, 6.07) is 17.1. The van der Waals surface area contributed by atoms with Crippen LogP contribution < -0.4 is 5.32 Å². The van der Waals surface area contributed by atoms with Crippen molar-refractivity contribution in [1.29, 1.82) is 0 Å². The van der Waals surface area contributed by atoms with Gasteiger partial charge >= 0.3 is 0 Å². The monoisotopic (exact) mass is 536 g/mol. The van der Waals surface area contributed by atoms with E-state index in [1.54, 1.807) is 18.2 Å². The maximum Gasteiger partial charge on any atom is 0.234 e. The SMILES string of the molecule is Cc1ccc(-n2c(SCC(=O)Nc3c(C)cc(Br)cc3C)nnc2-c2ccccc2O)c(C)c1. The maximum atomic E-state index is 12.8. The molecule has 0 aliphatic carbocycles. The summed E-state index contributed by atoms with van der Waals surface area (Å²) in [5, 5.41) is 22.8. The summed E-state index contributed by atoms with van der Waals surface area (Å²) in [5.74, 6) is 0.681. The molecular weight excluding hydrogens is 512 g/mol. The number of hydrogen-bond acceptors (Lipinski definition) is 5. The topological polar surface area (TPSA) is 80.0 Å². The molecule has 0 saturated carbocycles. The molecule has 0 bridgehead atoms. The molecule has 0 radical (unpaired) electrons. The Morgan fingerprint density at radius 2 is 1.71 bits per heavy atom. The molecule has 1 heterocycles. The molecule has 0 atom stereocenters. The number of nitrogens with one attached hydrogen (secondary N) is 1. The van der Waals surface area contributed by atoms with E-state index in [9.17, 15) is 9.90 Å². The second kappa shape index (κ2) is 10.0. The molecule has 3 aromatic carbocycles. The predicted molar refractivity (Wildman–Crippen MR) is 141 cm³/mol. The van der Waals surface area contributed by atoms with Crippen molar-refractivity contribution < 1.29 is 9.90 Å². The van der Waals surface area contributed by atoms with Crippen molar-refractivity contribution in [2.45, 2.75) is 32.9 Å². The molecule has 34 heavy (non-hydrogen) atoms. The van der Waals surface area contributed by atoms with Crippen LogP contribution in [0.5, 0.6) is 5.75 Å². The van der Waals surface area contributed by atoms with Gasteiger partial charge in [-0.25, -0.2) is 0 Å². The summed E-state index contributed by atoms with van der Waals surface area (Å²) in [4.78, 5) is 12.8. The normalized spacial score (nSPS) is 11.0. The fourth-order valence-electron chi connectivity index (χ4n) is 3.89. The average Bonchev–Trinajstić information content (AvgIpc) is 3.18. The van der Waals surface area contributed by atoms with Crippen molar-refractivity contribution >= 4 is 39.3 Å². The highest BCUT2D eigenvalue weighted by Gasteiger charge is 2.20. The van der Waals surface area contributed by atoms with Gasteiger partial charge in [-0.1, -0.05) is 57.5 Å². The zero-order chi connectivity index (χ0) is 24.4. The molecule has 0 saturated heterocycles. The van der Waals surface area contributed by atoms with E-state index in [2.05, 4.69) is 37.5 Å². The van der Waals surface area contributed by atoms with Crippen LogP contribution in [-0.4, -0.2) is 31.5 Å². The third-order valence-electron chi connectivity index (χ3n) is 5.47. The highest BCUT2D eigenvalue weighted by atomic mass is 79.9. The van der Waals surface area contributed by atoms with Gasteiger partial charge < -0.3 is 10.4 Å². The molecule has 2 N–H and O–H groups in total. The van der Waals surface area contributed by atoms with Gasteiger partial charge in [-0.3, -0.25) is 9.36 Å². The molecule has 0 spiro atoms. The van der Waals surface area contributed by atoms with E-state index in [0.717, 1.165) is 38.1 Å². The molecule has 6 nitrogen and oxygen atoms in total. The number of phenolic OH excluding ortho intramolecular Hbond substituents is 1. The van der Waals surface area contributed by atoms with Gasteiger partial charge in [0.05, 0.1) is 17.0 Å². The molecule has 0 fully saturated rings. The van der Waals surface area contributed by atoms with Crippen LogP contribution in [-0.2, 0) is 4.79 Å². The minimum Gasteiger partial charge on any atom is -0.507 e. The molecule has 0 aliphatic rings. The highest BCUT2D eigenvalue weighted by Crippen LogP contribution is 2.34. The van der Waals surface area contributed by atoms with E-state index in [4.69, 9.17) is 0 Å². The fourth-order valence-corrected chi connectivity index (χ4v) is 5.32. The third kappa shape index (κ3) is 5.03. The number of anilines is 1. The summed E-state index contributed by atoms with van der Waals surface area (Å²) in [5.41, 5.74) is 6.47. The number of rotatable bonds is 6. The zero-order valence-corrected chi connectivity index (χ0v) is 21.8. The molecule has 0 aliphatic heterocycles. The number of aryl methyl sites for hydroxylation is 4. The smallest absolute Gasteiger partial charge is 0.234 e. The number of carbonyl (C=O) groups excluding carboxylic acids is 1. The van der Waals surface area contributed by atoms with Crippen LogP contribution in [0.1, 0.15) is 22.3 Å². The Hall–Kier alpha value is -3.10. The van der Waals surface area contributed by atoms with Crippen LogP contribution in [0.3, 0.4) is 0 Å². The number of carbonyl (C=O) groups is 1. The Labute approximate surface area is 211 Å². The first-order chi connectivity index (χ1) is 16.2. The van der Waals surface area contributed by atoms with Gasteiger partial charge in [-0.05, 0) is 74.7 Å². The van der Waals surface area contributed by atoms with E-state index in [0.29, 0.717) is 16.5 Å². The number of aromatic hydroxyl groups is 1. The van der Waals surface area contributed by atoms with Gasteiger partial charge in [0, 0.05) is 10.2 Å². The number of hydrogen-bond donors (Lipinski definition) is 2. The lowest BCUT2D eigenvalue weighted by atomic mass is 10.1. The van der Waals surface area contributed by atoms with Gasteiger partial charge in [-0.2, -0.15) is 0 Å². The number of thioether (sulfide) groups is 1. The fraction of sp³-hybridized carbons (Fsp3) is 0.192. The van der Waals surface area contributed by atoms with E-state index < -0.39 is 0 Å². The second-order valence-electron chi connectivity index (χ2n) is 8.20. The first kappa shape index (κ1) is 24.0. The quantitative estimate of drug-likeness (QED) is 0.280. The summed E-state index contributed by atoms with van der Waals surface area (Å²) in [6.45, 7) is 8.00. The van der Waals surface area contributed by atoms with Gasteiger partial charge in [0.2, 0.25) is 5.91 Å². The Balaban J connectivity index is 1.66. The van der Waals surface area contributed by atoms with Crippen molar-refractivity contribution in [2.75, 3.05) is 11.1 Å². The number of phenols is 1. The van der Waals surface area contributed by atoms with Gasteiger partial charge in [0.25, 0.3) is 0 Å². The first-order valence-electron chi connectivity index (χ1n) is 10.8. The number of nitrogens with zero attached hydrogens (tertiary/aromatic N) is 3. The number of halogens is 1. The van der Waals surface area contributed by atoms with Gasteiger partial charge in [0.15, 0.2) is 11.0 Å². The van der Waals surface area contributed by atoms with E-state index >= 15 is 0 Å². The van der Waals surface area contributed by atoms with Crippen LogP contribution in [0.4, 0.5) is 5.69 Å². The van der Waals surface area contributed by atoms with Crippen molar-refractivity contribution in [1.82, 2.24) is 14.8 Å². The molecule has 8 heteroatoms. The molecule has 4 rings (SSSR count). The van der Waals surface area contributed by atoms with Gasteiger partial charge in [0.1, 0.15) is 5.75 Å². The number of para-hydroxylation sites is 1. The van der Waals surface area contributed by atoms with Crippen LogP contribution in [0.15, 0.2) is 64.2 Å². The molecule has 1 aromatic heterocycles. The lowest BCUT2D eigenvalue weighted by Gasteiger charge is -2.15. The van der Waals surface area contributed by atoms with Crippen molar-refractivity contribution in [3.8, 4) is 22.8 Å². The van der Waals surface area contributed by atoms with Crippen molar-refractivity contribution in [3.63, 3.8) is 0 Å². The Morgan fingerprint density at radius 3 is 2.38 bits per heavy atom. The standard InChI is InChI=1S/C26H25BrN4O2S/c1-15-9-10-21(16(2)11-15)31-25(20-7-5-6-8-22(20)32)29-30-26(31)34-14-23(33)28-24-17(3)12-19(27)13-18(24)4/h5-13,32H,14H2,1-4H3,(H,28,33). The van der Waals surface area contributed by atoms with E-state index in [1.807, 2.05) is 62.6 Å². The van der Waals surface area contributed by atoms with E-state index in [-0.39, 0.29) is 17.4 Å². The molecule has 174 valence electrons. The number of aromatic nitrogens is 3. The summed E-state index contributed by atoms with van der Waals surface area (Å²) in [7, 11) is 0. The highest BCUT2D eigenvalue weighted by molar-refractivity contribution is 9.10. The van der Waals surface area contributed by atoms with Crippen LogP contribution in [0, 0.1) is 27.7 Å². The number of amides is 1. The van der Waals surface area contributed by atoms with E-state index in [1.165, 1.54) is 11.8 Å². The number of benzene rings is 3. The molecular formula is C26H25BrN4O2S. The Kier molecular flexibility index (Phi) is 7.09. The summed E-state index contributed by atoms with van der Waals surface area (Å²) in [6.07, 6.45) is 0. The maximum absolute atomic E-state index is 12.8. The first-order valence-corrected chi connectivity index (χ1v) is 12.5. The van der Waals surface area contributed by atoms with Crippen LogP contribution in [0.25, 0.3) is 17.1 Å². The Bertz CT molecular complexity index is 1360. The third-order valence-corrected chi connectivity index (χ3v) is 6.85. The Morgan fingerprint density at radius 1 is 1.00 bits per heavy atom. The summed E-state index contributed by atoms with van der Waals surface area (Å²) < 4.78 is 2.88. The summed E-state index contributed by atoms with van der Waals surface area (Å²) >= 11 is 4.79. The lowest BCUT2D eigenvalue weighted by Crippen LogP contribution is -2.16. The predicted octanol–water partition coefficient (Wildman–Crippen LogP) is 6.37. The average molecular weight is 537 g/mol. The van der Waals surface area contributed by atoms with Crippen molar-refractivity contribution in [2.24, 2.45) is 0 Å². The molecule has 1 amide bonds. The van der Waals surface area contributed by atoms with Crippen LogP contribution >= 0.6 is 27.7 Å². The molecule has 0 unspecified atom stereocenters. The lowest BCUT2D eigenvalue weighted by molar-refractivity contribution is -0.113.